The third-order valence-corrected chi connectivity index (χ3v) is 3.01. The van der Waals surface area contributed by atoms with E-state index in [1.54, 1.807) is 0 Å². The molecule has 15 heavy (non-hydrogen) atoms. The third kappa shape index (κ3) is 3.23. The van der Waals surface area contributed by atoms with Gasteiger partial charge < -0.3 is 10.5 Å². The number of anilines is 1. The van der Waals surface area contributed by atoms with Gasteiger partial charge in [0.15, 0.2) is 0 Å². The molecule has 0 spiro atoms. The number of nitrogen functional groups attached to an aromatic ring is 1. The predicted octanol–water partition coefficient (Wildman–Crippen LogP) is 2.70. The normalized spacial score (nSPS) is 12.2. The van der Waals surface area contributed by atoms with Gasteiger partial charge in [-0.25, -0.2) is 0 Å². The largest absolute Gasteiger partial charge is 0.469 e. The molecule has 0 saturated heterocycles. The van der Waals surface area contributed by atoms with Crippen LogP contribution in [0.25, 0.3) is 0 Å². The van der Waals surface area contributed by atoms with Crippen molar-refractivity contribution in [3.63, 3.8) is 0 Å². The van der Waals surface area contributed by atoms with Crippen LogP contribution in [0, 0.1) is 0 Å². The highest BCUT2D eigenvalue weighted by Crippen LogP contribution is 2.26. The molecule has 0 fully saturated rings. The van der Waals surface area contributed by atoms with Gasteiger partial charge in [-0.2, -0.15) is 0 Å². The van der Waals surface area contributed by atoms with Crippen molar-refractivity contribution in [3.05, 3.63) is 28.2 Å². The van der Waals surface area contributed by atoms with Crippen LogP contribution >= 0.6 is 15.9 Å². The van der Waals surface area contributed by atoms with Crippen molar-refractivity contribution >= 4 is 27.6 Å². The lowest BCUT2D eigenvalue weighted by Crippen LogP contribution is -2.06. The van der Waals surface area contributed by atoms with E-state index in [0.717, 1.165) is 10.0 Å². The molecule has 0 radical (unpaired) electrons. The van der Waals surface area contributed by atoms with Crippen molar-refractivity contribution in [2.75, 3.05) is 12.8 Å². The van der Waals surface area contributed by atoms with E-state index in [1.807, 2.05) is 25.1 Å². The van der Waals surface area contributed by atoms with Crippen LogP contribution in [0.5, 0.6) is 0 Å². The average molecular weight is 272 g/mol. The Balaban J connectivity index is 2.78. The average Bonchev–Trinajstić information content (AvgIpc) is 2.21. The van der Waals surface area contributed by atoms with E-state index < -0.39 is 0 Å². The van der Waals surface area contributed by atoms with Gasteiger partial charge in [-0.05, 0) is 39.5 Å². The Labute approximate surface area is 97.7 Å². The molecule has 3 nitrogen and oxygen atoms in total. The Kier molecular flexibility index (Phi) is 4.15. The molecule has 0 aliphatic carbocycles. The first kappa shape index (κ1) is 12.0. The van der Waals surface area contributed by atoms with E-state index in [0.29, 0.717) is 12.1 Å². The summed E-state index contributed by atoms with van der Waals surface area (Å²) in [5.74, 6) is -0.0863. The van der Waals surface area contributed by atoms with E-state index >= 15 is 0 Å². The summed E-state index contributed by atoms with van der Waals surface area (Å²) in [6.45, 7) is 1.97. The number of carbonyl (C=O) groups excluding carboxylic acids is 1. The smallest absolute Gasteiger partial charge is 0.306 e. The maximum absolute atomic E-state index is 11.1. The second-order valence-electron chi connectivity index (χ2n) is 3.46. The maximum atomic E-state index is 11.1. The van der Waals surface area contributed by atoms with E-state index in [-0.39, 0.29) is 11.9 Å². The Morgan fingerprint density at radius 2 is 2.27 bits per heavy atom. The molecule has 1 aromatic carbocycles. The fourth-order valence-corrected chi connectivity index (χ4v) is 1.57. The van der Waals surface area contributed by atoms with Crippen LogP contribution in [-0.4, -0.2) is 13.1 Å². The molecule has 0 saturated carbocycles. The highest BCUT2D eigenvalue weighted by atomic mass is 79.9. The number of carbonyl (C=O) groups is 1. The van der Waals surface area contributed by atoms with Gasteiger partial charge in [0.2, 0.25) is 0 Å². The molecule has 0 aliphatic rings. The molecule has 2 N–H and O–H groups in total. The minimum absolute atomic E-state index is 0.118. The molecular weight excluding hydrogens is 258 g/mol. The molecule has 1 unspecified atom stereocenters. The Hall–Kier alpha value is -1.03. The molecule has 0 aromatic heterocycles. The Morgan fingerprint density at radius 1 is 1.60 bits per heavy atom. The molecule has 1 atom stereocenters. The fourth-order valence-electron chi connectivity index (χ4n) is 1.32. The van der Waals surface area contributed by atoms with E-state index in [4.69, 9.17) is 5.73 Å². The number of halogens is 1. The van der Waals surface area contributed by atoms with Crippen LogP contribution in [-0.2, 0) is 9.53 Å². The first-order valence-electron chi connectivity index (χ1n) is 4.66. The number of ether oxygens (including phenoxy) is 1. The third-order valence-electron chi connectivity index (χ3n) is 2.29. The number of esters is 1. The van der Waals surface area contributed by atoms with Gasteiger partial charge in [0, 0.05) is 10.2 Å². The quantitative estimate of drug-likeness (QED) is 0.680. The number of rotatable bonds is 3. The molecule has 1 aromatic rings. The monoisotopic (exact) mass is 271 g/mol. The minimum atomic E-state index is -0.205. The van der Waals surface area contributed by atoms with Crippen molar-refractivity contribution in [3.8, 4) is 0 Å². The summed E-state index contributed by atoms with van der Waals surface area (Å²) in [5.41, 5.74) is 7.49. The van der Waals surface area contributed by atoms with Crippen LogP contribution in [0.1, 0.15) is 24.8 Å². The van der Waals surface area contributed by atoms with Gasteiger partial charge in [0.1, 0.15) is 0 Å². The van der Waals surface area contributed by atoms with Crippen molar-refractivity contribution in [2.45, 2.75) is 19.3 Å². The van der Waals surface area contributed by atoms with Gasteiger partial charge in [-0.1, -0.05) is 13.0 Å². The van der Waals surface area contributed by atoms with Gasteiger partial charge in [0.25, 0.3) is 0 Å². The van der Waals surface area contributed by atoms with Crippen LogP contribution in [0.3, 0.4) is 0 Å². The first-order chi connectivity index (χ1) is 7.04. The molecule has 0 aliphatic heterocycles. The van der Waals surface area contributed by atoms with Crippen molar-refractivity contribution in [1.29, 1.82) is 0 Å². The Bertz CT molecular complexity index is 366. The summed E-state index contributed by atoms with van der Waals surface area (Å²) in [5, 5.41) is 0. The molecule has 1 rings (SSSR count). The fraction of sp³-hybridized carbons (Fsp3) is 0.364. The highest BCUT2D eigenvalue weighted by molar-refractivity contribution is 9.10. The van der Waals surface area contributed by atoms with E-state index in [1.165, 1.54) is 7.11 Å². The summed E-state index contributed by atoms with van der Waals surface area (Å²) in [6, 6.07) is 5.71. The van der Waals surface area contributed by atoms with E-state index in [9.17, 15) is 4.79 Å². The molecule has 82 valence electrons. The Morgan fingerprint density at radius 3 is 2.80 bits per heavy atom. The molecule has 0 heterocycles. The lowest BCUT2D eigenvalue weighted by atomic mass is 9.97. The predicted molar refractivity (Wildman–Crippen MR) is 63.6 cm³/mol. The maximum Gasteiger partial charge on any atom is 0.306 e. The second-order valence-corrected chi connectivity index (χ2v) is 4.32. The van der Waals surface area contributed by atoms with Gasteiger partial charge in [-0.3, -0.25) is 4.79 Å². The summed E-state index contributed by atoms with van der Waals surface area (Å²) < 4.78 is 5.49. The van der Waals surface area contributed by atoms with Crippen LogP contribution in [0.4, 0.5) is 5.69 Å². The zero-order valence-corrected chi connectivity index (χ0v) is 10.4. The van der Waals surface area contributed by atoms with Gasteiger partial charge in [-0.15, -0.1) is 0 Å². The first-order valence-corrected chi connectivity index (χ1v) is 5.45. The second kappa shape index (κ2) is 5.16. The summed E-state index contributed by atoms with van der Waals surface area (Å²) in [7, 11) is 1.39. The van der Waals surface area contributed by atoms with E-state index in [2.05, 4.69) is 20.7 Å². The lowest BCUT2D eigenvalue weighted by Gasteiger charge is -2.11. The summed E-state index contributed by atoms with van der Waals surface area (Å²) >= 11 is 3.33. The van der Waals surface area contributed by atoms with Gasteiger partial charge >= 0.3 is 5.97 Å². The van der Waals surface area contributed by atoms with Crippen LogP contribution < -0.4 is 5.73 Å². The highest BCUT2D eigenvalue weighted by Gasteiger charge is 2.12. The number of nitrogens with two attached hydrogens (primary N) is 1. The summed E-state index contributed by atoms with van der Waals surface area (Å²) in [4.78, 5) is 11.1. The van der Waals surface area contributed by atoms with Crippen molar-refractivity contribution in [2.24, 2.45) is 0 Å². The van der Waals surface area contributed by atoms with Crippen molar-refractivity contribution < 1.29 is 9.53 Å². The summed E-state index contributed by atoms with van der Waals surface area (Å²) in [6.07, 6.45) is 0.373. The zero-order valence-electron chi connectivity index (χ0n) is 8.79. The van der Waals surface area contributed by atoms with Crippen LogP contribution in [0.15, 0.2) is 22.7 Å². The van der Waals surface area contributed by atoms with Crippen LogP contribution in [0.2, 0.25) is 0 Å². The number of methoxy groups -OCH3 is 1. The topological polar surface area (TPSA) is 52.3 Å². The van der Waals surface area contributed by atoms with Crippen molar-refractivity contribution in [1.82, 2.24) is 0 Å². The SMILES string of the molecule is COC(=O)CC(C)c1ccc(Br)c(N)c1. The number of benzene rings is 1. The lowest BCUT2D eigenvalue weighted by molar-refractivity contribution is -0.140. The zero-order chi connectivity index (χ0) is 11.4. The molecule has 0 amide bonds. The standard InChI is InChI=1S/C11H14BrNO2/c1-7(5-11(14)15-2)8-3-4-9(12)10(13)6-8/h3-4,6-7H,5,13H2,1-2H3. The molecule has 4 heteroatoms. The van der Waals surface area contributed by atoms with Gasteiger partial charge in [0.05, 0.1) is 13.5 Å². The molecule has 0 bridgehead atoms. The minimum Gasteiger partial charge on any atom is -0.469 e. The number of hydrogen-bond acceptors (Lipinski definition) is 3. The number of hydrogen-bond donors (Lipinski definition) is 1. The molecular formula is C11H14BrNO2.